The van der Waals surface area contributed by atoms with Crippen LogP contribution in [-0.4, -0.2) is 47.9 Å². The van der Waals surface area contributed by atoms with E-state index in [1.165, 1.54) is 0 Å². The summed E-state index contributed by atoms with van der Waals surface area (Å²) in [5.74, 6) is -1.34. The number of hydrogen-bond acceptors (Lipinski definition) is 3. The number of benzene rings is 3. The maximum atomic E-state index is 14.3. The number of halogens is 7. The number of aromatic amines is 1. The van der Waals surface area contributed by atoms with Gasteiger partial charge in [-0.2, -0.15) is 26.3 Å². The molecule has 3 aromatic carbocycles. The number of nitrogens with one attached hydrogen (secondary N) is 2. The summed E-state index contributed by atoms with van der Waals surface area (Å²) in [4.78, 5) is 19.3. The normalized spacial score (nSPS) is 16.2. The van der Waals surface area contributed by atoms with E-state index in [9.17, 15) is 31.1 Å². The second-order valence-electron chi connectivity index (χ2n) is 9.98. The molecule has 5 rings (SSSR count). The minimum atomic E-state index is -5.05. The third kappa shape index (κ3) is 6.77. The number of piperazine rings is 1. The van der Waals surface area contributed by atoms with Crippen LogP contribution in [-0.2, 0) is 18.8 Å². The lowest BCUT2D eigenvalue weighted by Crippen LogP contribution is -2.53. The highest BCUT2D eigenvalue weighted by Gasteiger charge is 2.41. The molecule has 1 aliphatic heterocycles. The van der Waals surface area contributed by atoms with Crippen molar-refractivity contribution in [3.63, 3.8) is 0 Å². The number of alkyl halides is 6. The Morgan fingerprint density at radius 2 is 1.41 bits per heavy atom. The lowest BCUT2D eigenvalue weighted by molar-refractivity contribution is -0.143. The lowest BCUT2D eigenvalue weighted by Gasteiger charge is -2.39. The van der Waals surface area contributed by atoms with Gasteiger partial charge in [0.05, 0.1) is 17.2 Å². The van der Waals surface area contributed by atoms with Gasteiger partial charge in [0.2, 0.25) is 0 Å². The lowest BCUT2D eigenvalue weighted by atomic mass is 9.80. The van der Waals surface area contributed by atoms with E-state index >= 15 is 0 Å². The van der Waals surface area contributed by atoms with Gasteiger partial charge in [-0.05, 0) is 41.8 Å². The molecule has 1 aliphatic rings. The highest BCUT2D eigenvalue weighted by Crippen LogP contribution is 2.39. The van der Waals surface area contributed by atoms with Crippen LogP contribution in [0.15, 0.2) is 79.0 Å². The zero-order chi connectivity index (χ0) is 28.5. The summed E-state index contributed by atoms with van der Waals surface area (Å²) < 4.78 is 82.2. The van der Waals surface area contributed by atoms with Crippen molar-refractivity contribution in [1.82, 2.24) is 15.2 Å². The van der Waals surface area contributed by atoms with Gasteiger partial charge >= 0.3 is 12.4 Å². The third-order valence-corrected chi connectivity index (χ3v) is 7.39. The maximum Gasteiger partial charge on any atom is 0.416 e. The largest absolute Gasteiger partial charge is 0.416 e. The molecule has 2 heterocycles. The average molecular weight is 596 g/mol. The standard InChI is InChI=1S/C30H27F6N3O.ClH/c31-29(32,33)21-15-20(16-22(17-21)30(34,35)36)28(40)27(39-12-10-37-11-13-39)24(14-19-6-2-1-3-7-19)25-18-38-26-9-5-4-8-23(25)26;/h1-9,15-18,24,27,37-38H,10-14H2;1H. The highest BCUT2D eigenvalue weighted by atomic mass is 35.5. The molecule has 218 valence electrons. The van der Waals surface area contributed by atoms with Crippen molar-refractivity contribution >= 4 is 29.1 Å². The smallest absolute Gasteiger partial charge is 0.361 e. The van der Waals surface area contributed by atoms with Gasteiger partial charge in [0.25, 0.3) is 0 Å². The molecule has 0 spiro atoms. The summed E-state index contributed by atoms with van der Waals surface area (Å²) in [5, 5.41) is 4.05. The summed E-state index contributed by atoms with van der Waals surface area (Å²) in [6.07, 6.45) is -7.97. The SMILES string of the molecule is Cl.O=C(c1cc(C(F)(F)F)cc(C(F)(F)F)c1)C(C(Cc1ccccc1)c1c[nH]c2ccccc12)N1CCNCC1. The number of para-hydroxylation sites is 1. The van der Waals surface area contributed by atoms with Crippen LogP contribution in [0.4, 0.5) is 26.3 Å². The predicted molar refractivity (Wildman–Crippen MR) is 147 cm³/mol. The summed E-state index contributed by atoms with van der Waals surface area (Å²) >= 11 is 0. The Kier molecular flexibility index (Phi) is 9.16. The van der Waals surface area contributed by atoms with Crippen LogP contribution in [0.3, 0.4) is 0 Å². The van der Waals surface area contributed by atoms with E-state index < -0.39 is 46.8 Å². The van der Waals surface area contributed by atoms with Crippen LogP contribution in [0, 0.1) is 0 Å². The highest BCUT2D eigenvalue weighted by molar-refractivity contribution is 6.01. The Balaban J connectivity index is 0.00000387. The molecule has 1 aromatic heterocycles. The molecule has 1 saturated heterocycles. The number of rotatable bonds is 7. The van der Waals surface area contributed by atoms with Crippen LogP contribution in [0.5, 0.6) is 0 Å². The molecule has 4 aromatic rings. The number of Topliss-reactive ketones (excluding diaryl/α,β-unsaturated/α-hetero) is 1. The number of hydrogen-bond donors (Lipinski definition) is 2. The van der Waals surface area contributed by atoms with E-state index in [1.54, 1.807) is 6.20 Å². The summed E-state index contributed by atoms with van der Waals surface area (Å²) in [6.45, 7) is 1.89. The van der Waals surface area contributed by atoms with Crippen molar-refractivity contribution in [3.8, 4) is 0 Å². The van der Waals surface area contributed by atoms with Crippen LogP contribution in [0.2, 0.25) is 0 Å². The van der Waals surface area contributed by atoms with Gasteiger partial charge in [0.15, 0.2) is 5.78 Å². The molecule has 1 fully saturated rings. The van der Waals surface area contributed by atoms with Gasteiger partial charge in [-0.15, -0.1) is 12.4 Å². The van der Waals surface area contributed by atoms with Gasteiger partial charge in [-0.3, -0.25) is 9.69 Å². The topological polar surface area (TPSA) is 48.1 Å². The number of H-pyrrole nitrogens is 1. The minimum Gasteiger partial charge on any atom is -0.361 e. The predicted octanol–water partition coefficient (Wildman–Crippen LogP) is 7.11. The molecule has 11 heteroatoms. The van der Waals surface area contributed by atoms with E-state index in [-0.39, 0.29) is 18.5 Å². The molecule has 2 atom stereocenters. The Morgan fingerprint density at radius 1 is 0.829 bits per heavy atom. The van der Waals surface area contributed by atoms with Crippen molar-refractivity contribution in [2.45, 2.75) is 30.7 Å². The van der Waals surface area contributed by atoms with Crippen LogP contribution in [0.1, 0.15) is 38.5 Å². The molecule has 2 N–H and O–H groups in total. The number of carbonyl (C=O) groups excluding carboxylic acids is 1. The first-order chi connectivity index (χ1) is 19.0. The molecule has 0 saturated carbocycles. The number of fused-ring (bicyclic) bond motifs is 1. The number of nitrogens with zero attached hydrogens (tertiary/aromatic N) is 1. The molecule has 4 nitrogen and oxygen atoms in total. The summed E-state index contributed by atoms with van der Waals surface area (Å²) in [7, 11) is 0. The van der Waals surface area contributed by atoms with E-state index in [2.05, 4.69) is 10.3 Å². The molecule has 0 radical (unpaired) electrons. The first-order valence-electron chi connectivity index (χ1n) is 12.9. The van der Waals surface area contributed by atoms with Gasteiger partial charge < -0.3 is 10.3 Å². The number of ketones is 1. The quantitative estimate of drug-likeness (QED) is 0.177. The monoisotopic (exact) mass is 595 g/mol. The van der Waals surface area contributed by atoms with E-state index in [1.807, 2.05) is 59.5 Å². The zero-order valence-electron chi connectivity index (χ0n) is 21.7. The van der Waals surface area contributed by atoms with E-state index in [0.29, 0.717) is 44.7 Å². The minimum absolute atomic E-state index is 0. The van der Waals surface area contributed by atoms with E-state index in [4.69, 9.17) is 0 Å². The molecule has 0 bridgehead atoms. The van der Waals surface area contributed by atoms with Crippen molar-refractivity contribution in [1.29, 1.82) is 0 Å². The van der Waals surface area contributed by atoms with Gasteiger partial charge in [-0.25, -0.2) is 0 Å². The van der Waals surface area contributed by atoms with Crippen LogP contribution in [0.25, 0.3) is 10.9 Å². The zero-order valence-corrected chi connectivity index (χ0v) is 22.5. The molecular formula is C30H28ClF6N3O. The Labute approximate surface area is 239 Å². The Morgan fingerprint density at radius 3 is 2.02 bits per heavy atom. The number of carbonyl (C=O) groups is 1. The molecule has 0 amide bonds. The molecular weight excluding hydrogens is 568 g/mol. The Bertz CT molecular complexity index is 1450. The molecule has 41 heavy (non-hydrogen) atoms. The van der Waals surface area contributed by atoms with Gasteiger partial charge in [-0.1, -0.05) is 48.5 Å². The first-order valence-corrected chi connectivity index (χ1v) is 12.9. The molecule has 2 unspecified atom stereocenters. The fourth-order valence-electron chi connectivity index (χ4n) is 5.49. The summed E-state index contributed by atoms with van der Waals surface area (Å²) in [5.41, 5.74) is -1.12. The van der Waals surface area contributed by atoms with Crippen molar-refractivity contribution in [3.05, 3.63) is 107 Å². The summed E-state index contributed by atoms with van der Waals surface area (Å²) in [6, 6.07) is 17.0. The number of aromatic nitrogens is 1. The van der Waals surface area contributed by atoms with Crippen molar-refractivity contribution < 1.29 is 31.1 Å². The average Bonchev–Trinajstić information content (AvgIpc) is 3.36. The first kappa shape index (κ1) is 30.6. The van der Waals surface area contributed by atoms with E-state index in [0.717, 1.165) is 22.0 Å². The van der Waals surface area contributed by atoms with Gasteiger partial charge in [0.1, 0.15) is 0 Å². The second-order valence-corrected chi connectivity index (χ2v) is 9.98. The Hall–Kier alpha value is -3.34. The van der Waals surface area contributed by atoms with Crippen molar-refractivity contribution in [2.75, 3.05) is 26.2 Å². The van der Waals surface area contributed by atoms with Crippen LogP contribution < -0.4 is 5.32 Å². The second kappa shape index (κ2) is 12.3. The third-order valence-electron chi connectivity index (χ3n) is 7.39. The van der Waals surface area contributed by atoms with Crippen LogP contribution >= 0.6 is 12.4 Å². The fraction of sp³-hybridized carbons (Fsp3) is 0.300. The van der Waals surface area contributed by atoms with Crippen molar-refractivity contribution in [2.24, 2.45) is 0 Å². The molecule has 0 aliphatic carbocycles. The maximum absolute atomic E-state index is 14.3. The fourth-order valence-corrected chi connectivity index (χ4v) is 5.49. The van der Waals surface area contributed by atoms with Gasteiger partial charge in [0, 0.05) is 54.8 Å².